The fraction of sp³-hybridized carbons (Fsp3) is 0.435. The number of likely N-dealkylation sites (tertiary alicyclic amines) is 1. The van der Waals surface area contributed by atoms with Gasteiger partial charge in [-0.1, -0.05) is 12.1 Å². The maximum Gasteiger partial charge on any atom is 0.240 e. The molecular formula is C23H30N4O4S. The lowest BCUT2D eigenvalue weighted by Crippen LogP contribution is -2.44. The van der Waals surface area contributed by atoms with Gasteiger partial charge in [0.25, 0.3) is 0 Å². The molecule has 0 spiro atoms. The summed E-state index contributed by atoms with van der Waals surface area (Å²) < 4.78 is 27.5. The van der Waals surface area contributed by atoms with Crippen molar-refractivity contribution >= 4 is 27.7 Å². The summed E-state index contributed by atoms with van der Waals surface area (Å²) >= 11 is 0. The van der Waals surface area contributed by atoms with Crippen LogP contribution in [0.5, 0.6) is 0 Å². The molecule has 1 atom stereocenters. The molecule has 2 amide bonds. The molecule has 1 saturated heterocycles. The molecule has 0 bridgehead atoms. The number of anilines is 1. The number of pyridine rings is 1. The summed E-state index contributed by atoms with van der Waals surface area (Å²) in [7, 11) is -3.68. The number of nitrogens with zero attached hydrogens (tertiary/aromatic N) is 2. The predicted molar refractivity (Wildman–Crippen MR) is 123 cm³/mol. The summed E-state index contributed by atoms with van der Waals surface area (Å²) in [6.45, 7) is 6.52. The van der Waals surface area contributed by atoms with Gasteiger partial charge in [-0.15, -0.1) is 0 Å². The fourth-order valence-electron chi connectivity index (χ4n) is 3.67. The zero-order chi connectivity index (χ0) is 23.3. The topological polar surface area (TPSA) is 108 Å². The Morgan fingerprint density at radius 1 is 1.12 bits per heavy atom. The van der Waals surface area contributed by atoms with Crippen molar-refractivity contribution in [2.24, 2.45) is 5.92 Å². The normalized spacial score (nSPS) is 16.6. The Labute approximate surface area is 189 Å². The summed E-state index contributed by atoms with van der Waals surface area (Å²) in [5.74, 6) is -0.142. The first-order valence-corrected chi connectivity index (χ1v) is 12.2. The van der Waals surface area contributed by atoms with Crippen LogP contribution in [0.15, 0.2) is 41.3 Å². The van der Waals surface area contributed by atoms with Gasteiger partial charge in [0.05, 0.1) is 10.8 Å². The third-order valence-corrected chi connectivity index (χ3v) is 7.16. The molecule has 2 heterocycles. The monoisotopic (exact) mass is 458 g/mol. The molecule has 2 aromatic rings. The van der Waals surface area contributed by atoms with E-state index in [1.54, 1.807) is 29.2 Å². The number of amides is 2. The van der Waals surface area contributed by atoms with E-state index in [-0.39, 0.29) is 35.6 Å². The zero-order valence-electron chi connectivity index (χ0n) is 18.7. The first-order valence-electron chi connectivity index (χ1n) is 10.7. The van der Waals surface area contributed by atoms with Gasteiger partial charge in [-0.05, 0) is 69.0 Å². The van der Waals surface area contributed by atoms with Crippen LogP contribution in [-0.4, -0.2) is 49.8 Å². The number of carbonyl (C=O) groups excluding carboxylic acids is 2. The Kier molecular flexibility index (Phi) is 7.63. The standard InChI is InChI=1S/C23H30N4O4S/c1-16-9-10-20(14-17(16)2)32(30,31)24-12-11-22(28)27-13-5-7-19(15-27)23(29)26-21-8-4-6-18(3)25-21/h4,6,8-10,14,19,24H,5,7,11-13,15H2,1-3H3,(H,25,26,29). The highest BCUT2D eigenvalue weighted by Gasteiger charge is 2.28. The van der Waals surface area contributed by atoms with E-state index in [0.29, 0.717) is 25.3 Å². The SMILES string of the molecule is Cc1cccc(NC(=O)C2CCCN(C(=O)CCNS(=O)(=O)c3ccc(C)c(C)c3)C2)n1. The lowest BCUT2D eigenvalue weighted by atomic mass is 9.97. The molecule has 1 aliphatic rings. The lowest BCUT2D eigenvalue weighted by molar-refractivity contribution is -0.134. The van der Waals surface area contributed by atoms with Crippen LogP contribution in [0, 0.1) is 26.7 Å². The number of benzene rings is 1. The van der Waals surface area contributed by atoms with Crippen LogP contribution < -0.4 is 10.0 Å². The van der Waals surface area contributed by atoms with E-state index in [4.69, 9.17) is 0 Å². The lowest BCUT2D eigenvalue weighted by Gasteiger charge is -2.32. The number of hydrogen-bond donors (Lipinski definition) is 2. The minimum atomic E-state index is -3.68. The number of hydrogen-bond acceptors (Lipinski definition) is 5. The minimum absolute atomic E-state index is 0.00860. The van der Waals surface area contributed by atoms with E-state index in [1.807, 2.05) is 32.9 Å². The minimum Gasteiger partial charge on any atom is -0.342 e. The van der Waals surface area contributed by atoms with Crippen LogP contribution in [0.25, 0.3) is 0 Å². The van der Waals surface area contributed by atoms with Gasteiger partial charge >= 0.3 is 0 Å². The molecule has 0 aliphatic carbocycles. The number of aryl methyl sites for hydroxylation is 3. The summed E-state index contributed by atoms with van der Waals surface area (Å²) in [5.41, 5.74) is 2.72. The largest absolute Gasteiger partial charge is 0.342 e. The molecule has 8 nitrogen and oxygen atoms in total. The van der Waals surface area contributed by atoms with Crippen LogP contribution in [0.3, 0.4) is 0 Å². The smallest absolute Gasteiger partial charge is 0.240 e. The van der Waals surface area contributed by atoms with E-state index >= 15 is 0 Å². The van der Waals surface area contributed by atoms with Gasteiger partial charge in [-0.3, -0.25) is 9.59 Å². The molecule has 1 aliphatic heterocycles. The highest BCUT2D eigenvalue weighted by molar-refractivity contribution is 7.89. The maximum absolute atomic E-state index is 12.6. The van der Waals surface area contributed by atoms with Crippen LogP contribution in [0.4, 0.5) is 5.82 Å². The van der Waals surface area contributed by atoms with E-state index in [1.165, 1.54) is 0 Å². The van der Waals surface area contributed by atoms with Crippen molar-refractivity contribution in [3.63, 3.8) is 0 Å². The van der Waals surface area contributed by atoms with Gasteiger partial charge in [-0.2, -0.15) is 0 Å². The second-order valence-corrected chi connectivity index (χ2v) is 9.99. The number of piperidine rings is 1. The highest BCUT2D eigenvalue weighted by Crippen LogP contribution is 2.19. The van der Waals surface area contributed by atoms with Crippen molar-refractivity contribution in [3.8, 4) is 0 Å². The average Bonchev–Trinajstić information content (AvgIpc) is 2.75. The van der Waals surface area contributed by atoms with E-state index in [9.17, 15) is 18.0 Å². The molecule has 1 aromatic heterocycles. The van der Waals surface area contributed by atoms with Gasteiger partial charge in [0, 0.05) is 31.7 Å². The molecule has 9 heteroatoms. The Morgan fingerprint density at radius 2 is 1.91 bits per heavy atom. The third-order valence-electron chi connectivity index (χ3n) is 5.70. The predicted octanol–water partition coefficient (Wildman–Crippen LogP) is 2.55. The number of sulfonamides is 1. The van der Waals surface area contributed by atoms with Crippen LogP contribution >= 0.6 is 0 Å². The van der Waals surface area contributed by atoms with Crippen LogP contribution in [-0.2, 0) is 19.6 Å². The molecule has 0 saturated carbocycles. The number of aromatic nitrogens is 1. The second kappa shape index (κ2) is 10.2. The first kappa shape index (κ1) is 23.9. The third kappa shape index (κ3) is 6.14. The number of carbonyl (C=O) groups is 2. The molecule has 0 radical (unpaired) electrons. The Morgan fingerprint density at radius 3 is 2.62 bits per heavy atom. The summed E-state index contributed by atoms with van der Waals surface area (Å²) in [4.78, 5) is 31.4. The maximum atomic E-state index is 12.6. The quantitative estimate of drug-likeness (QED) is 0.663. The van der Waals surface area contributed by atoms with Gasteiger partial charge in [0.2, 0.25) is 21.8 Å². The van der Waals surface area contributed by atoms with Crippen molar-refractivity contribution in [1.29, 1.82) is 0 Å². The molecular weight excluding hydrogens is 428 g/mol. The van der Waals surface area contributed by atoms with E-state index in [2.05, 4.69) is 15.0 Å². The average molecular weight is 459 g/mol. The molecule has 1 aromatic carbocycles. The van der Waals surface area contributed by atoms with Gasteiger partial charge in [-0.25, -0.2) is 18.1 Å². The fourth-order valence-corrected chi connectivity index (χ4v) is 4.79. The van der Waals surface area contributed by atoms with Crippen molar-refractivity contribution in [1.82, 2.24) is 14.6 Å². The molecule has 32 heavy (non-hydrogen) atoms. The van der Waals surface area contributed by atoms with Crippen LogP contribution in [0.1, 0.15) is 36.1 Å². The summed E-state index contributed by atoms with van der Waals surface area (Å²) in [5, 5.41) is 2.82. The molecule has 3 rings (SSSR count). The van der Waals surface area contributed by atoms with Crippen molar-refractivity contribution in [2.75, 3.05) is 25.0 Å². The van der Waals surface area contributed by atoms with E-state index in [0.717, 1.165) is 23.2 Å². The Balaban J connectivity index is 1.51. The molecule has 1 fully saturated rings. The van der Waals surface area contributed by atoms with E-state index < -0.39 is 10.0 Å². The summed E-state index contributed by atoms with van der Waals surface area (Å²) in [6.07, 6.45) is 1.46. The van der Waals surface area contributed by atoms with Gasteiger partial charge in [0.1, 0.15) is 5.82 Å². The molecule has 2 N–H and O–H groups in total. The molecule has 172 valence electrons. The van der Waals surface area contributed by atoms with Crippen molar-refractivity contribution in [3.05, 3.63) is 53.2 Å². The Bertz CT molecular complexity index is 1100. The Hall–Kier alpha value is -2.78. The zero-order valence-corrected chi connectivity index (χ0v) is 19.5. The molecule has 1 unspecified atom stereocenters. The summed E-state index contributed by atoms with van der Waals surface area (Å²) in [6, 6.07) is 10.4. The van der Waals surface area contributed by atoms with Gasteiger partial charge in [0.15, 0.2) is 0 Å². The second-order valence-electron chi connectivity index (χ2n) is 8.23. The van der Waals surface area contributed by atoms with Crippen molar-refractivity contribution < 1.29 is 18.0 Å². The first-order chi connectivity index (χ1) is 15.2. The van der Waals surface area contributed by atoms with Crippen molar-refractivity contribution in [2.45, 2.75) is 44.9 Å². The highest BCUT2D eigenvalue weighted by atomic mass is 32.2. The number of rotatable bonds is 7. The van der Waals surface area contributed by atoms with Gasteiger partial charge < -0.3 is 10.2 Å². The number of nitrogens with one attached hydrogen (secondary N) is 2. The van der Waals surface area contributed by atoms with Crippen LogP contribution in [0.2, 0.25) is 0 Å².